The second-order valence-corrected chi connectivity index (χ2v) is 2.34. The Balaban J connectivity index is 2.43. The first kappa shape index (κ1) is 6.84. The van der Waals surface area contributed by atoms with Crippen LogP contribution in [0.25, 0.3) is 11.3 Å². The minimum Gasteiger partial charge on any atom is -0.472 e. The predicted molar refractivity (Wildman–Crippen MR) is 44.1 cm³/mol. The zero-order chi connectivity index (χ0) is 8.39. The molecule has 0 fully saturated rings. The first-order chi connectivity index (χ1) is 5.86. The number of anilines is 1. The number of hydrogen-bond donors (Lipinski definition) is 1. The Hall–Kier alpha value is -1.84. The van der Waals surface area contributed by atoms with Gasteiger partial charge in [-0.1, -0.05) is 0 Å². The summed E-state index contributed by atoms with van der Waals surface area (Å²) in [5, 5.41) is 0. The van der Waals surface area contributed by atoms with Crippen molar-refractivity contribution in [1.29, 1.82) is 0 Å². The summed E-state index contributed by atoms with van der Waals surface area (Å²) in [6, 6.07) is 1.82. The van der Waals surface area contributed by atoms with E-state index in [-0.39, 0.29) is 0 Å². The van der Waals surface area contributed by atoms with Crippen molar-refractivity contribution in [3.05, 3.63) is 31.0 Å². The summed E-state index contributed by atoms with van der Waals surface area (Å²) in [6.45, 7) is 0. The molecule has 0 aliphatic heterocycles. The highest BCUT2D eigenvalue weighted by atomic mass is 16.3. The van der Waals surface area contributed by atoms with Crippen LogP contribution in [-0.4, -0.2) is 9.97 Å². The Bertz CT molecular complexity index is 352. The number of aromatic nitrogens is 2. The van der Waals surface area contributed by atoms with Crippen LogP contribution in [0.1, 0.15) is 0 Å². The largest absolute Gasteiger partial charge is 0.472 e. The van der Waals surface area contributed by atoms with Crippen LogP contribution in [0.15, 0.2) is 35.4 Å². The second-order valence-electron chi connectivity index (χ2n) is 2.34. The third kappa shape index (κ3) is 1.14. The van der Waals surface area contributed by atoms with Gasteiger partial charge in [-0.25, -0.2) is 4.98 Å². The van der Waals surface area contributed by atoms with E-state index in [9.17, 15) is 0 Å². The molecule has 0 amide bonds. The molecule has 0 spiro atoms. The first-order valence-electron chi connectivity index (χ1n) is 3.46. The van der Waals surface area contributed by atoms with Crippen LogP contribution >= 0.6 is 0 Å². The summed E-state index contributed by atoms with van der Waals surface area (Å²) < 4.78 is 4.90. The molecule has 0 aromatic carbocycles. The summed E-state index contributed by atoms with van der Waals surface area (Å²) in [7, 11) is 0. The molecule has 60 valence electrons. The zero-order valence-electron chi connectivity index (χ0n) is 6.27. The van der Waals surface area contributed by atoms with Gasteiger partial charge in [-0.3, -0.25) is 4.98 Å². The van der Waals surface area contributed by atoms with E-state index in [1.807, 2.05) is 6.07 Å². The van der Waals surface area contributed by atoms with Gasteiger partial charge in [0.2, 0.25) is 0 Å². The van der Waals surface area contributed by atoms with Crippen molar-refractivity contribution in [2.75, 3.05) is 5.73 Å². The average molecular weight is 161 g/mol. The van der Waals surface area contributed by atoms with Gasteiger partial charge in [0.25, 0.3) is 0 Å². The average Bonchev–Trinajstić information content (AvgIpc) is 2.58. The Morgan fingerprint density at radius 1 is 1.25 bits per heavy atom. The molecule has 4 nitrogen and oxygen atoms in total. The molecule has 2 N–H and O–H groups in total. The van der Waals surface area contributed by atoms with Crippen LogP contribution < -0.4 is 5.73 Å². The van der Waals surface area contributed by atoms with Crippen molar-refractivity contribution < 1.29 is 4.42 Å². The minimum atomic E-state index is 0.419. The fraction of sp³-hybridized carbons (Fsp3) is 0. The standard InChI is InChI=1S/C8H7N3O/c9-8-4-10-7(3-11-8)6-1-2-12-5-6/h1-5H,(H2,9,11). The predicted octanol–water partition coefficient (Wildman–Crippen LogP) is 1.32. The van der Waals surface area contributed by atoms with Crippen LogP contribution in [0, 0.1) is 0 Å². The van der Waals surface area contributed by atoms with E-state index < -0.39 is 0 Å². The van der Waals surface area contributed by atoms with Crippen LogP contribution in [0.3, 0.4) is 0 Å². The Morgan fingerprint density at radius 2 is 2.17 bits per heavy atom. The normalized spacial score (nSPS) is 10.0. The number of nitrogens with zero attached hydrogens (tertiary/aromatic N) is 2. The lowest BCUT2D eigenvalue weighted by Crippen LogP contribution is -1.91. The van der Waals surface area contributed by atoms with Gasteiger partial charge in [0.05, 0.1) is 30.6 Å². The lowest BCUT2D eigenvalue weighted by Gasteiger charge is -1.94. The molecule has 0 saturated carbocycles. The number of nitrogen functional groups attached to an aromatic ring is 1. The van der Waals surface area contributed by atoms with Crippen molar-refractivity contribution in [1.82, 2.24) is 9.97 Å². The summed E-state index contributed by atoms with van der Waals surface area (Å²) in [6.07, 6.45) is 6.33. The molecule has 2 rings (SSSR count). The first-order valence-corrected chi connectivity index (χ1v) is 3.46. The van der Waals surface area contributed by atoms with E-state index in [0.29, 0.717) is 5.82 Å². The van der Waals surface area contributed by atoms with Crippen molar-refractivity contribution >= 4 is 5.82 Å². The van der Waals surface area contributed by atoms with Crippen molar-refractivity contribution in [3.63, 3.8) is 0 Å². The quantitative estimate of drug-likeness (QED) is 0.685. The maximum Gasteiger partial charge on any atom is 0.141 e. The topological polar surface area (TPSA) is 64.9 Å². The van der Waals surface area contributed by atoms with Crippen LogP contribution in [0.2, 0.25) is 0 Å². The molecule has 4 heteroatoms. The van der Waals surface area contributed by atoms with E-state index in [1.54, 1.807) is 18.7 Å². The third-order valence-corrected chi connectivity index (χ3v) is 1.49. The lowest BCUT2D eigenvalue weighted by molar-refractivity contribution is 0.568. The SMILES string of the molecule is Nc1cnc(-c2ccoc2)cn1. The highest BCUT2D eigenvalue weighted by Gasteiger charge is 1.99. The molecule has 0 aliphatic carbocycles. The van der Waals surface area contributed by atoms with Gasteiger partial charge in [0.15, 0.2) is 0 Å². The molecule has 0 saturated heterocycles. The maximum absolute atomic E-state index is 5.38. The number of hydrogen-bond acceptors (Lipinski definition) is 4. The maximum atomic E-state index is 5.38. The third-order valence-electron chi connectivity index (χ3n) is 1.49. The fourth-order valence-corrected chi connectivity index (χ4v) is 0.897. The molecule has 2 aromatic rings. The van der Waals surface area contributed by atoms with E-state index in [1.165, 1.54) is 6.20 Å². The fourth-order valence-electron chi connectivity index (χ4n) is 0.897. The zero-order valence-corrected chi connectivity index (χ0v) is 6.27. The van der Waals surface area contributed by atoms with Gasteiger partial charge in [-0.15, -0.1) is 0 Å². The van der Waals surface area contributed by atoms with E-state index in [0.717, 1.165) is 11.3 Å². The molecule has 0 aliphatic rings. The van der Waals surface area contributed by atoms with Gasteiger partial charge >= 0.3 is 0 Å². The molecule has 2 aromatic heterocycles. The van der Waals surface area contributed by atoms with Crippen LogP contribution in [0.4, 0.5) is 5.82 Å². The summed E-state index contributed by atoms with van der Waals surface area (Å²) in [5.41, 5.74) is 7.05. The van der Waals surface area contributed by atoms with Gasteiger partial charge in [0, 0.05) is 5.56 Å². The Labute approximate surface area is 69.1 Å². The number of furan rings is 1. The highest BCUT2D eigenvalue weighted by Crippen LogP contribution is 2.15. The smallest absolute Gasteiger partial charge is 0.141 e. The van der Waals surface area contributed by atoms with Gasteiger partial charge < -0.3 is 10.2 Å². The molecule has 12 heavy (non-hydrogen) atoms. The van der Waals surface area contributed by atoms with Gasteiger partial charge in [-0.2, -0.15) is 0 Å². The Kier molecular flexibility index (Phi) is 1.51. The van der Waals surface area contributed by atoms with E-state index >= 15 is 0 Å². The molecule has 0 atom stereocenters. The van der Waals surface area contributed by atoms with Crippen molar-refractivity contribution in [2.24, 2.45) is 0 Å². The molecule has 0 unspecified atom stereocenters. The lowest BCUT2D eigenvalue weighted by atomic mass is 10.2. The summed E-state index contributed by atoms with van der Waals surface area (Å²) >= 11 is 0. The molecular formula is C8H7N3O. The highest BCUT2D eigenvalue weighted by molar-refractivity contribution is 5.56. The van der Waals surface area contributed by atoms with E-state index in [4.69, 9.17) is 10.2 Å². The van der Waals surface area contributed by atoms with Crippen LogP contribution in [-0.2, 0) is 0 Å². The van der Waals surface area contributed by atoms with E-state index in [2.05, 4.69) is 9.97 Å². The summed E-state index contributed by atoms with van der Waals surface area (Å²) in [5.74, 6) is 0.419. The monoisotopic (exact) mass is 161 g/mol. The molecular weight excluding hydrogens is 154 g/mol. The molecule has 2 heterocycles. The number of nitrogens with two attached hydrogens (primary N) is 1. The minimum absolute atomic E-state index is 0.419. The van der Waals surface area contributed by atoms with Gasteiger partial charge in [0.1, 0.15) is 5.82 Å². The van der Waals surface area contributed by atoms with Crippen molar-refractivity contribution in [2.45, 2.75) is 0 Å². The molecule has 0 bridgehead atoms. The van der Waals surface area contributed by atoms with Crippen molar-refractivity contribution in [3.8, 4) is 11.3 Å². The number of rotatable bonds is 1. The Morgan fingerprint density at radius 3 is 2.75 bits per heavy atom. The molecule has 0 radical (unpaired) electrons. The second kappa shape index (κ2) is 2.65. The van der Waals surface area contributed by atoms with Gasteiger partial charge in [-0.05, 0) is 6.07 Å². The van der Waals surface area contributed by atoms with Crippen LogP contribution in [0.5, 0.6) is 0 Å². The summed E-state index contributed by atoms with van der Waals surface area (Å²) in [4.78, 5) is 7.98.